The van der Waals surface area contributed by atoms with Gasteiger partial charge in [-0.3, -0.25) is 9.97 Å². The topological polar surface area (TPSA) is 83.1 Å². The van der Waals surface area contributed by atoms with Crippen LogP contribution in [0.15, 0.2) is 29.6 Å². The third-order valence-electron chi connectivity index (χ3n) is 3.50. The van der Waals surface area contributed by atoms with E-state index in [0.717, 1.165) is 6.20 Å². The van der Waals surface area contributed by atoms with Crippen molar-refractivity contribution in [2.75, 3.05) is 14.1 Å². The number of fused-ring (bicyclic) bond motifs is 1. The van der Waals surface area contributed by atoms with Crippen LogP contribution in [0.5, 0.6) is 11.5 Å². The lowest BCUT2D eigenvalue weighted by Gasteiger charge is -2.13. The minimum Gasteiger partial charge on any atom is -0.609 e. The zero-order chi connectivity index (χ0) is 24.8. The van der Waals surface area contributed by atoms with Crippen LogP contribution in [0.3, 0.4) is 0 Å². The second-order valence-corrected chi connectivity index (χ2v) is 6.35. The van der Waals surface area contributed by atoms with Crippen LogP contribution < -0.4 is 9.47 Å². The monoisotopic (exact) mass is 354 g/mol. The van der Waals surface area contributed by atoms with Crippen molar-refractivity contribution in [3.05, 3.63) is 41.2 Å². The molecule has 0 saturated heterocycles. The number of hydrogen-bond acceptors (Lipinski definition) is 5. The highest BCUT2D eigenvalue weighted by molar-refractivity contribution is 7.90. The fourth-order valence-electron chi connectivity index (χ4n) is 2.23. The number of aromatic nitrogens is 3. The van der Waals surface area contributed by atoms with E-state index >= 15 is 0 Å². The summed E-state index contributed by atoms with van der Waals surface area (Å²) in [5.74, 6) is -0.494. The van der Waals surface area contributed by atoms with Gasteiger partial charge >= 0.3 is 5.16 Å². The van der Waals surface area contributed by atoms with Gasteiger partial charge in [0.05, 0.1) is 39.0 Å². The molecule has 0 bridgehead atoms. The third kappa shape index (κ3) is 3.05. The summed E-state index contributed by atoms with van der Waals surface area (Å²) in [6.45, 7) is -1.23. The lowest BCUT2D eigenvalue weighted by atomic mass is 10.1. The van der Waals surface area contributed by atoms with Gasteiger partial charge in [0, 0.05) is 38.7 Å². The zero-order valence-electron chi connectivity index (χ0n) is 21.5. The quantitative estimate of drug-likeness (QED) is 0.712. The minimum atomic E-state index is -2.89. The van der Waals surface area contributed by atoms with E-state index in [4.69, 9.17) is 21.8 Å². The van der Waals surface area contributed by atoms with E-state index in [1.807, 2.05) is 0 Å². The summed E-state index contributed by atoms with van der Waals surface area (Å²) in [7, 11) is -5.52. The highest BCUT2D eigenvalue weighted by atomic mass is 32.2. The summed E-state index contributed by atoms with van der Waals surface area (Å²) in [6.07, 6.45) is 0.991. The third-order valence-corrected chi connectivity index (χ3v) is 4.66. The predicted octanol–water partition coefficient (Wildman–Crippen LogP) is 2.90. The number of hydrogen-bond donors (Lipinski definition) is 1. The number of nitrogens with one attached hydrogen (secondary N) is 1. The molecule has 1 atom stereocenters. The van der Waals surface area contributed by atoms with E-state index in [2.05, 4.69) is 15.0 Å². The second kappa shape index (κ2) is 6.70. The molecule has 0 unspecified atom stereocenters. The van der Waals surface area contributed by atoms with Crippen LogP contribution in [0.2, 0.25) is 0 Å². The number of aryl methyl sites for hydroxylation is 1. The number of H-pyrrole nitrogens is 1. The lowest BCUT2D eigenvalue weighted by molar-refractivity contribution is 0.407. The number of pyridine rings is 1. The Morgan fingerprint density at radius 2 is 2.21 bits per heavy atom. The average Bonchev–Trinajstić information content (AvgIpc) is 3.05. The van der Waals surface area contributed by atoms with Crippen LogP contribution >= 0.6 is 0 Å². The predicted molar refractivity (Wildman–Crippen MR) is 93.0 cm³/mol. The molecule has 0 amide bonds. The van der Waals surface area contributed by atoms with E-state index in [1.54, 1.807) is 0 Å². The first-order valence-corrected chi connectivity index (χ1v) is 8.10. The van der Waals surface area contributed by atoms with Crippen molar-refractivity contribution < 1.29 is 26.4 Å². The van der Waals surface area contributed by atoms with Gasteiger partial charge in [-0.1, -0.05) is 0 Å². The molecule has 0 aliphatic rings. The lowest BCUT2D eigenvalue weighted by Crippen LogP contribution is -2.10. The molecule has 3 rings (SSSR count). The molecule has 0 radical (unpaired) electrons. The summed E-state index contributed by atoms with van der Waals surface area (Å²) in [6, 6.07) is 4.34. The van der Waals surface area contributed by atoms with Gasteiger partial charge in [-0.05, 0) is 25.9 Å². The van der Waals surface area contributed by atoms with Gasteiger partial charge in [0.15, 0.2) is 5.75 Å². The average molecular weight is 354 g/mol. The highest BCUT2D eigenvalue weighted by Gasteiger charge is 2.21. The van der Waals surface area contributed by atoms with E-state index in [-0.39, 0.29) is 39.2 Å². The molecule has 6 nitrogen and oxygen atoms in total. The summed E-state index contributed by atoms with van der Waals surface area (Å²) in [5, 5.41) is 0.0652. The fourth-order valence-corrected chi connectivity index (χ4v) is 3.33. The molecule has 1 N–H and O–H groups in total. The van der Waals surface area contributed by atoms with Crippen LogP contribution in [0, 0.1) is 13.8 Å². The Balaban J connectivity index is 1.91. The molecule has 0 aliphatic heterocycles. The number of imidazole rings is 1. The van der Waals surface area contributed by atoms with Gasteiger partial charge in [-0.15, -0.1) is 0 Å². The van der Waals surface area contributed by atoms with Gasteiger partial charge < -0.3 is 14.0 Å². The first-order valence-electron chi connectivity index (χ1n) is 11.3. The summed E-state index contributed by atoms with van der Waals surface area (Å²) < 4.78 is 89.0. The molecule has 7 heteroatoms. The second-order valence-electron chi connectivity index (χ2n) is 4.99. The number of nitrogens with zero attached hydrogens (tertiary/aromatic N) is 2. The van der Waals surface area contributed by atoms with Crippen molar-refractivity contribution >= 4 is 22.2 Å². The molecule has 0 aliphatic carbocycles. The summed E-state index contributed by atoms with van der Waals surface area (Å²) in [4.78, 5) is 11.1. The fraction of sp³-hybridized carbons (Fsp3) is 0.294. The Morgan fingerprint density at radius 1 is 1.33 bits per heavy atom. The van der Waals surface area contributed by atoms with Crippen molar-refractivity contribution in [1.82, 2.24) is 15.0 Å². The number of aromatic amines is 1. The van der Waals surface area contributed by atoms with Crippen LogP contribution in [-0.4, -0.2) is 33.6 Å². The van der Waals surface area contributed by atoms with Crippen LogP contribution in [0.25, 0.3) is 11.0 Å². The standard InChI is InChI=1S/C17H19N3O3S/c1-10-8-18-15(11(2)16(10)23-4)9-24(21)17-19-13-6-5-12(22-3)7-14(13)20-17/h5-8H,9H2,1-4H3,(H,19,20)/t24-/m0/s1/i1D3,3D3,4D3. The van der Waals surface area contributed by atoms with Crippen molar-refractivity contribution in [3.63, 3.8) is 0 Å². The smallest absolute Gasteiger partial charge is 0.322 e. The number of ether oxygens (including phenoxy) is 2. The van der Waals surface area contributed by atoms with Crippen LogP contribution in [0.4, 0.5) is 0 Å². The highest BCUT2D eigenvalue weighted by Crippen LogP contribution is 2.27. The zero-order valence-corrected chi connectivity index (χ0v) is 13.4. The molecular weight excluding hydrogens is 326 g/mol. The maximum Gasteiger partial charge on any atom is 0.322 e. The summed E-state index contributed by atoms with van der Waals surface area (Å²) >= 11 is -1.78. The SMILES string of the molecule is [2H]C([2H])([2H])Oc1ccc2[nH]c([S@@+]([O-])Cc3ncc(C([2H])([2H])[2H])c(OC([2H])([2H])[2H])c3C)nc2c1. The van der Waals surface area contributed by atoms with Crippen molar-refractivity contribution in [3.8, 4) is 11.5 Å². The van der Waals surface area contributed by atoms with Crippen LogP contribution in [-0.2, 0) is 16.9 Å². The molecule has 24 heavy (non-hydrogen) atoms. The largest absolute Gasteiger partial charge is 0.609 e. The van der Waals surface area contributed by atoms with Gasteiger partial charge in [-0.2, -0.15) is 4.98 Å². The van der Waals surface area contributed by atoms with Gasteiger partial charge in [-0.25, -0.2) is 0 Å². The molecular formula is C17H19N3O3S. The molecule has 2 heterocycles. The van der Waals surface area contributed by atoms with Crippen molar-refractivity contribution in [2.24, 2.45) is 0 Å². The first-order chi connectivity index (χ1) is 15.0. The molecule has 0 spiro atoms. The number of rotatable bonds is 5. The minimum absolute atomic E-state index is 0.0652. The first kappa shape index (κ1) is 8.73. The van der Waals surface area contributed by atoms with E-state index in [9.17, 15) is 4.55 Å². The van der Waals surface area contributed by atoms with Crippen molar-refractivity contribution in [1.29, 1.82) is 0 Å². The molecule has 0 saturated carbocycles. The Hall–Kier alpha value is -2.25. The maximum atomic E-state index is 12.9. The Bertz CT molecular complexity index is 1160. The number of benzene rings is 1. The Labute approximate surface area is 156 Å². The maximum absolute atomic E-state index is 12.9. The van der Waals surface area contributed by atoms with Gasteiger partial charge in [0.1, 0.15) is 11.5 Å². The van der Waals surface area contributed by atoms with Crippen molar-refractivity contribution in [2.45, 2.75) is 24.7 Å². The molecule has 0 fully saturated rings. The summed E-state index contributed by atoms with van der Waals surface area (Å²) in [5.41, 5.74) is 0.764. The number of methoxy groups -OCH3 is 2. The molecule has 126 valence electrons. The Morgan fingerprint density at radius 3 is 3.00 bits per heavy atom. The van der Waals surface area contributed by atoms with Crippen LogP contribution in [0.1, 0.15) is 29.2 Å². The molecule has 1 aromatic carbocycles. The molecule has 3 aromatic rings. The van der Waals surface area contributed by atoms with E-state index in [1.165, 1.54) is 25.1 Å². The van der Waals surface area contributed by atoms with Gasteiger partial charge in [0.25, 0.3) is 0 Å². The van der Waals surface area contributed by atoms with E-state index in [0.29, 0.717) is 11.0 Å². The molecule has 2 aromatic heterocycles. The Kier molecular flexibility index (Phi) is 2.44. The van der Waals surface area contributed by atoms with Gasteiger partial charge in [0.2, 0.25) is 0 Å². The van der Waals surface area contributed by atoms with E-state index < -0.39 is 32.1 Å². The normalized spacial score (nSPS) is 19.5.